The van der Waals surface area contributed by atoms with Gasteiger partial charge in [-0.2, -0.15) is 8.61 Å². The van der Waals surface area contributed by atoms with Crippen molar-refractivity contribution >= 4 is 43.2 Å². The Bertz CT molecular complexity index is 2020. The van der Waals surface area contributed by atoms with Gasteiger partial charge in [-0.25, -0.2) is 16.8 Å². The number of carbonyl (C=O) groups is 2. The molecule has 0 fully saturated rings. The second-order valence-electron chi connectivity index (χ2n) is 15.9. The molecule has 0 spiro atoms. The van der Waals surface area contributed by atoms with Crippen molar-refractivity contribution in [2.24, 2.45) is 11.8 Å². The Morgan fingerprint density at radius 2 is 0.850 bits per heavy atom. The lowest BCUT2D eigenvalue weighted by atomic mass is 10.00. The van der Waals surface area contributed by atoms with Gasteiger partial charge in [0.1, 0.15) is 0 Å². The molecular formula is C44H60N6O8S2. The number of aliphatic hydroxyl groups is 2. The van der Waals surface area contributed by atoms with Crippen LogP contribution in [0.25, 0.3) is 0 Å². The zero-order chi connectivity index (χ0) is 44.0. The number of anilines is 2. The number of hydrogen-bond donors (Lipinski definition) is 6. The van der Waals surface area contributed by atoms with Crippen LogP contribution in [0.4, 0.5) is 11.4 Å². The third-order valence-electron chi connectivity index (χ3n) is 9.75. The summed E-state index contributed by atoms with van der Waals surface area (Å²) in [5, 5.41) is 28.9. The molecule has 2 amide bonds. The molecule has 0 aliphatic carbocycles. The number of rotatable bonds is 23. The molecule has 60 heavy (non-hydrogen) atoms. The third kappa shape index (κ3) is 14.4. The highest BCUT2D eigenvalue weighted by Crippen LogP contribution is 2.22. The van der Waals surface area contributed by atoms with Crippen molar-refractivity contribution in [1.82, 2.24) is 19.2 Å². The van der Waals surface area contributed by atoms with Gasteiger partial charge >= 0.3 is 0 Å². The first-order valence-corrected chi connectivity index (χ1v) is 23.0. The molecule has 326 valence electrons. The Labute approximate surface area is 355 Å². The summed E-state index contributed by atoms with van der Waals surface area (Å²) in [7, 11) is -8.11. The summed E-state index contributed by atoms with van der Waals surface area (Å²) in [6.45, 7) is 7.03. The Kier molecular flexibility index (Phi) is 17.6. The van der Waals surface area contributed by atoms with E-state index in [9.17, 15) is 36.6 Å². The summed E-state index contributed by atoms with van der Waals surface area (Å²) < 4.78 is 57.5. The molecule has 4 atom stereocenters. The maximum Gasteiger partial charge on any atom is 0.243 e. The lowest BCUT2D eigenvalue weighted by Gasteiger charge is -2.31. The first kappa shape index (κ1) is 47.8. The molecule has 4 aromatic carbocycles. The zero-order valence-electron chi connectivity index (χ0n) is 34.7. The van der Waals surface area contributed by atoms with Crippen LogP contribution in [0.1, 0.15) is 51.7 Å². The van der Waals surface area contributed by atoms with Crippen molar-refractivity contribution in [3.05, 3.63) is 120 Å². The summed E-state index contributed by atoms with van der Waals surface area (Å²) in [4.78, 5) is 27.1. The van der Waals surface area contributed by atoms with Gasteiger partial charge in [0.15, 0.2) is 0 Å². The standard InChI is InChI=1S/C44H60N6O8S2/c1-31(2)27-49(59(55,56)37-19-15-35(45)16-20-37)29-41(51)39(25-33-11-7-5-8-12-33)47-43(53)23-24-44(54)48-40(26-34-13-9-6-10-14-34)42(52)30-50(28-32(3)4)60(57,58)38-21-17-36(46)18-22-38/h5-22,31-32,39-42,51-52H,23-30,45-46H2,1-4H3,(H,47,53)(H,48,54)/t39-,40-,41+,42+/m0/s1. The molecule has 8 N–H and O–H groups in total. The normalized spacial score (nSPS) is 14.2. The molecular weight excluding hydrogens is 805 g/mol. The molecule has 0 unspecified atom stereocenters. The number of hydrogen-bond acceptors (Lipinski definition) is 10. The SMILES string of the molecule is CC(C)CN(C[C@@H](O)[C@H](Cc1ccccc1)NC(=O)CCC(=O)N[C@@H](Cc1ccccc1)[C@H](O)CN(CC(C)C)S(=O)(=O)c1ccc(N)cc1)S(=O)(=O)c1ccc(N)cc1. The van der Waals surface area contributed by atoms with Gasteiger partial charge in [-0.15, -0.1) is 0 Å². The fourth-order valence-electron chi connectivity index (χ4n) is 6.69. The van der Waals surface area contributed by atoms with Crippen molar-refractivity contribution in [2.45, 2.75) is 87.5 Å². The first-order valence-electron chi connectivity index (χ1n) is 20.1. The maximum absolute atomic E-state index is 13.8. The van der Waals surface area contributed by atoms with Crippen LogP contribution < -0.4 is 22.1 Å². The van der Waals surface area contributed by atoms with Crippen LogP contribution in [-0.4, -0.2) is 97.9 Å². The predicted molar refractivity (Wildman–Crippen MR) is 234 cm³/mol. The summed E-state index contributed by atoms with van der Waals surface area (Å²) >= 11 is 0. The zero-order valence-corrected chi connectivity index (χ0v) is 36.4. The Morgan fingerprint density at radius 1 is 0.533 bits per heavy atom. The topological polar surface area (TPSA) is 225 Å². The van der Waals surface area contributed by atoms with Gasteiger partial charge < -0.3 is 32.3 Å². The van der Waals surface area contributed by atoms with Crippen LogP contribution in [0.15, 0.2) is 119 Å². The fraction of sp³-hybridized carbons (Fsp3) is 0.409. The number of sulfonamides is 2. The average Bonchev–Trinajstić information content (AvgIpc) is 3.19. The Hall–Kier alpha value is -4.84. The van der Waals surface area contributed by atoms with Crippen LogP contribution >= 0.6 is 0 Å². The number of aliphatic hydroxyl groups excluding tert-OH is 2. The van der Waals surface area contributed by atoms with Crippen molar-refractivity contribution in [3.8, 4) is 0 Å². The molecule has 0 radical (unpaired) electrons. The predicted octanol–water partition coefficient (Wildman–Crippen LogP) is 3.80. The largest absolute Gasteiger partial charge is 0.399 e. The number of amides is 2. The number of benzene rings is 4. The molecule has 0 saturated heterocycles. The van der Waals surface area contributed by atoms with Crippen LogP contribution in [0.2, 0.25) is 0 Å². The minimum absolute atomic E-state index is 0.0194. The highest BCUT2D eigenvalue weighted by atomic mass is 32.2. The van der Waals surface area contributed by atoms with E-state index in [1.54, 1.807) is 0 Å². The van der Waals surface area contributed by atoms with Gasteiger partial charge in [-0.1, -0.05) is 88.4 Å². The molecule has 0 aliphatic rings. The molecule has 16 heteroatoms. The van der Waals surface area contributed by atoms with E-state index in [-0.39, 0.29) is 73.5 Å². The van der Waals surface area contributed by atoms with Crippen LogP contribution in [0.5, 0.6) is 0 Å². The van der Waals surface area contributed by atoms with Gasteiger partial charge in [0, 0.05) is 50.4 Å². The van der Waals surface area contributed by atoms with Crippen LogP contribution in [-0.2, 0) is 42.5 Å². The molecule has 4 rings (SSSR count). The minimum atomic E-state index is -4.05. The molecule has 0 aliphatic heterocycles. The summed E-state index contributed by atoms with van der Waals surface area (Å²) in [6.07, 6.45) is -2.91. The minimum Gasteiger partial charge on any atom is -0.399 e. The number of nitrogens with two attached hydrogens (primary N) is 2. The van der Waals surface area contributed by atoms with E-state index in [4.69, 9.17) is 11.5 Å². The maximum atomic E-state index is 13.8. The van der Waals surface area contributed by atoms with Gasteiger partial charge in [-0.05, 0) is 84.3 Å². The monoisotopic (exact) mass is 864 g/mol. The van der Waals surface area contributed by atoms with Gasteiger partial charge in [-0.3, -0.25) is 9.59 Å². The molecule has 0 saturated carbocycles. The van der Waals surface area contributed by atoms with Gasteiger partial charge in [0.05, 0.1) is 34.1 Å². The average molecular weight is 865 g/mol. The second-order valence-corrected chi connectivity index (χ2v) is 19.8. The number of nitrogens with one attached hydrogen (secondary N) is 2. The van der Waals surface area contributed by atoms with Gasteiger partial charge in [0.25, 0.3) is 0 Å². The van der Waals surface area contributed by atoms with E-state index in [2.05, 4.69) is 10.6 Å². The number of nitrogen functional groups attached to an aromatic ring is 2. The number of nitrogens with zero attached hydrogens (tertiary/aromatic N) is 2. The summed E-state index contributed by atoms with van der Waals surface area (Å²) in [6, 6.07) is 28.0. The third-order valence-corrected chi connectivity index (χ3v) is 13.4. The quantitative estimate of drug-likeness (QED) is 0.0592. The van der Waals surface area contributed by atoms with Crippen LogP contribution in [0, 0.1) is 11.8 Å². The lowest BCUT2D eigenvalue weighted by molar-refractivity contribution is -0.128. The summed E-state index contributed by atoms with van der Waals surface area (Å²) in [5.74, 6) is -1.28. The van der Waals surface area contributed by atoms with Crippen molar-refractivity contribution in [3.63, 3.8) is 0 Å². The van der Waals surface area contributed by atoms with E-state index >= 15 is 0 Å². The van der Waals surface area contributed by atoms with Crippen LogP contribution in [0.3, 0.4) is 0 Å². The summed E-state index contributed by atoms with van der Waals surface area (Å²) in [5.41, 5.74) is 14.0. The van der Waals surface area contributed by atoms with E-state index in [0.717, 1.165) is 11.1 Å². The molecule has 0 heterocycles. The second kappa shape index (κ2) is 22.1. The first-order chi connectivity index (χ1) is 28.3. The van der Waals surface area contributed by atoms with E-state index < -0.39 is 56.2 Å². The molecule has 0 bridgehead atoms. The van der Waals surface area contributed by atoms with Gasteiger partial charge in [0.2, 0.25) is 31.9 Å². The number of carbonyl (C=O) groups excluding carboxylic acids is 2. The van der Waals surface area contributed by atoms with Crippen molar-refractivity contribution < 1.29 is 36.6 Å². The Morgan fingerprint density at radius 3 is 1.15 bits per heavy atom. The van der Waals surface area contributed by atoms with Crippen molar-refractivity contribution in [2.75, 3.05) is 37.6 Å². The highest BCUT2D eigenvalue weighted by molar-refractivity contribution is 7.89. The molecule has 14 nitrogen and oxygen atoms in total. The van der Waals surface area contributed by atoms with Crippen molar-refractivity contribution in [1.29, 1.82) is 0 Å². The Balaban J connectivity index is 1.49. The lowest BCUT2D eigenvalue weighted by Crippen LogP contribution is -2.52. The van der Waals surface area contributed by atoms with E-state index in [1.165, 1.54) is 57.1 Å². The van der Waals surface area contributed by atoms with E-state index in [1.807, 2.05) is 88.4 Å². The smallest absolute Gasteiger partial charge is 0.243 e. The fourth-order valence-corrected chi connectivity index (χ4v) is 9.94. The van der Waals surface area contributed by atoms with E-state index in [0.29, 0.717) is 11.4 Å². The molecule has 0 aromatic heterocycles. The molecule has 4 aromatic rings. The highest BCUT2D eigenvalue weighted by Gasteiger charge is 2.33.